The van der Waals surface area contributed by atoms with Crippen LogP contribution < -0.4 is 16.1 Å². The Kier molecular flexibility index (Phi) is 3.85. The van der Waals surface area contributed by atoms with E-state index in [9.17, 15) is 14.4 Å². The van der Waals surface area contributed by atoms with Crippen molar-refractivity contribution in [2.45, 2.75) is 18.9 Å². The molecule has 7 heteroatoms. The predicted octanol–water partition coefficient (Wildman–Crippen LogP) is 1.19. The zero-order valence-electron chi connectivity index (χ0n) is 11.6. The third kappa shape index (κ3) is 2.69. The van der Waals surface area contributed by atoms with E-state index in [1.165, 1.54) is 6.20 Å². The maximum absolute atomic E-state index is 12.4. The van der Waals surface area contributed by atoms with Crippen molar-refractivity contribution >= 4 is 34.3 Å². The number of fused-ring (bicyclic) bond motifs is 1. The van der Waals surface area contributed by atoms with Gasteiger partial charge < -0.3 is 15.6 Å². The Morgan fingerprint density at radius 1 is 1.32 bits per heavy atom. The van der Waals surface area contributed by atoms with Crippen molar-refractivity contribution in [1.29, 1.82) is 0 Å². The summed E-state index contributed by atoms with van der Waals surface area (Å²) in [4.78, 5) is 39.2. The highest BCUT2D eigenvalue weighted by Gasteiger charge is 2.25. The molecule has 114 valence electrons. The van der Waals surface area contributed by atoms with Gasteiger partial charge in [0.05, 0.1) is 5.52 Å². The average Bonchev–Trinajstić information content (AvgIpc) is 2.49. The molecule has 3 rings (SSSR count). The number of carbonyl (C=O) groups excluding carboxylic acids is 2. The van der Waals surface area contributed by atoms with Crippen LogP contribution in [0.3, 0.4) is 0 Å². The number of aromatic nitrogens is 1. The highest BCUT2D eigenvalue weighted by Crippen LogP contribution is 2.15. The molecule has 0 saturated carbocycles. The number of rotatable bonds is 2. The van der Waals surface area contributed by atoms with Crippen LogP contribution >= 0.6 is 11.6 Å². The van der Waals surface area contributed by atoms with Crippen LogP contribution in [0, 0.1) is 0 Å². The first-order valence-electron chi connectivity index (χ1n) is 6.96. The summed E-state index contributed by atoms with van der Waals surface area (Å²) in [6, 6.07) is 4.19. The first kappa shape index (κ1) is 14.6. The fraction of sp³-hybridized carbons (Fsp3) is 0.267. The van der Waals surface area contributed by atoms with Gasteiger partial charge in [0.15, 0.2) is 0 Å². The lowest BCUT2D eigenvalue weighted by Gasteiger charge is -2.22. The van der Waals surface area contributed by atoms with Crippen LogP contribution in [0.1, 0.15) is 23.2 Å². The molecule has 0 spiro atoms. The number of carbonyl (C=O) groups is 2. The molecule has 2 heterocycles. The lowest BCUT2D eigenvalue weighted by Crippen LogP contribution is -2.50. The molecule has 2 amide bonds. The quantitative estimate of drug-likeness (QED) is 0.776. The van der Waals surface area contributed by atoms with Crippen LogP contribution in [0.25, 0.3) is 10.9 Å². The van der Waals surface area contributed by atoms with E-state index in [1.807, 2.05) is 0 Å². The van der Waals surface area contributed by atoms with Crippen LogP contribution in [0.4, 0.5) is 0 Å². The van der Waals surface area contributed by atoms with Gasteiger partial charge in [-0.05, 0) is 31.0 Å². The van der Waals surface area contributed by atoms with E-state index in [0.29, 0.717) is 28.9 Å². The Hall–Kier alpha value is -2.34. The highest BCUT2D eigenvalue weighted by atomic mass is 35.5. The molecule has 0 radical (unpaired) electrons. The van der Waals surface area contributed by atoms with Crippen LogP contribution in [-0.4, -0.2) is 29.4 Å². The molecule has 1 unspecified atom stereocenters. The Morgan fingerprint density at radius 3 is 2.91 bits per heavy atom. The molecule has 2 aromatic rings. The lowest BCUT2D eigenvalue weighted by atomic mass is 10.1. The van der Waals surface area contributed by atoms with Crippen molar-refractivity contribution in [2.24, 2.45) is 0 Å². The number of halogens is 1. The van der Waals surface area contributed by atoms with Gasteiger partial charge >= 0.3 is 0 Å². The van der Waals surface area contributed by atoms with Gasteiger partial charge in [0.25, 0.3) is 5.91 Å². The first-order chi connectivity index (χ1) is 10.6. The van der Waals surface area contributed by atoms with Gasteiger partial charge in [-0.1, -0.05) is 11.6 Å². The van der Waals surface area contributed by atoms with Gasteiger partial charge in [0.1, 0.15) is 11.6 Å². The van der Waals surface area contributed by atoms with Crippen LogP contribution in [0.15, 0.2) is 29.2 Å². The zero-order chi connectivity index (χ0) is 15.7. The van der Waals surface area contributed by atoms with Gasteiger partial charge in [-0.3, -0.25) is 14.4 Å². The molecular weight excluding hydrogens is 306 g/mol. The predicted molar refractivity (Wildman–Crippen MR) is 83.1 cm³/mol. The number of H-pyrrole nitrogens is 1. The molecule has 6 nitrogen and oxygen atoms in total. The fourth-order valence-electron chi connectivity index (χ4n) is 2.51. The van der Waals surface area contributed by atoms with E-state index in [0.717, 1.165) is 6.42 Å². The van der Waals surface area contributed by atoms with Gasteiger partial charge in [-0.2, -0.15) is 0 Å². The molecule has 0 bridgehead atoms. The molecule has 1 aliphatic heterocycles. The number of pyridine rings is 1. The minimum Gasteiger partial charge on any atom is -0.360 e. The second-order valence-corrected chi connectivity index (χ2v) is 5.62. The third-order valence-corrected chi connectivity index (χ3v) is 3.91. The zero-order valence-corrected chi connectivity index (χ0v) is 12.4. The van der Waals surface area contributed by atoms with E-state index in [2.05, 4.69) is 15.6 Å². The number of hydrogen-bond donors (Lipinski definition) is 3. The van der Waals surface area contributed by atoms with Crippen LogP contribution in [-0.2, 0) is 4.79 Å². The molecule has 22 heavy (non-hydrogen) atoms. The summed E-state index contributed by atoms with van der Waals surface area (Å²) >= 11 is 5.87. The molecular formula is C15H14ClN3O3. The minimum atomic E-state index is -0.596. The van der Waals surface area contributed by atoms with Crippen molar-refractivity contribution in [3.63, 3.8) is 0 Å². The normalized spacial score (nSPS) is 18.0. The molecule has 1 aromatic carbocycles. The lowest BCUT2D eigenvalue weighted by molar-refractivity contribution is -0.124. The largest absolute Gasteiger partial charge is 0.360 e. The van der Waals surface area contributed by atoms with E-state index >= 15 is 0 Å². The highest BCUT2D eigenvalue weighted by molar-refractivity contribution is 6.31. The number of piperidine rings is 1. The third-order valence-electron chi connectivity index (χ3n) is 3.68. The summed E-state index contributed by atoms with van der Waals surface area (Å²) in [5.41, 5.74) is 0.150. The number of aromatic amines is 1. The molecule has 1 fully saturated rings. The average molecular weight is 320 g/mol. The summed E-state index contributed by atoms with van der Waals surface area (Å²) in [6.07, 6.45) is 2.71. The topological polar surface area (TPSA) is 91.1 Å². The summed E-state index contributed by atoms with van der Waals surface area (Å²) in [7, 11) is 0. The summed E-state index contributed by atoms with van der Waals surface area (Å²) in [5, 5.41) is 6.17. The Balaban J connectivity index is 1.91. The van der Waals surface area contributed by atoms with Crippen molar-refractivity contribution in [1.82, 2.24) is 15.6 Å². The molecule has 1 aliphatic rings. The van der Waals surface area contributed by atoms with E-state index in [4.69, 9.17) is 11.6 Å². The number of nitrogens with one attached hydrogen (secondary N) is 3. The fourth-order valence-corrected chi connectivity index (χ4v) is 2.68. The Labute approximate surface area is 130 Å². The number of amides is 2. The maximum atomic E-state index is 12.4. The Bertz CT molecular complexity index is 815. The molecule has 1 atom stereocenters. The van der Waals surface area contributed by atoms with E-state index in [1.54, 1.807) is 18.2 Å². The second-order valence-electron chi connectivity index (χ2n) is 5.18. The summed E-state index contributed by atoms with van der Waals surface area (Å²) < 4.78 is 0. The van der Waals surface area contributed by atoms with Gasteiger partial charge in [0.2, 0.25) is 11.3 Å². The monoisotopic (exact) mass is 319 g/mol. The van der Waals surface area contributed by atoms with E-state index in [-0.39, 0.29) is 16.9 Å². The molecule has 1 saturated heterocycles. The summed E-state index contributed by atoms with van der Waals surface area (Å²) in [5.74, 6) is -0.774. The van der Waals surface area contributed by atoms with Crippen molar-refractivity contribution < 1.29 is 9.59 Å². The number of hydrogen-bond acceptors (Lipinski definition) is 3. The number of benzene rings is 1. The van der Waals surface area contributed by atoms with Crippen molar-refractivity contribution in [3.05, 3.63) is 45.2 Å². The Morgan fingerprint density at radius 2 is 2.14 bits per heavy atom. The summed E-state index contributed by atoms with van der Waals surface area (Å²) in [6.45, 7) is 0.614. The minimum absolute atomic E-state index is 0.0202. The van der Waals surface area contributed by atoms with Gasteiger partial charge in [-0.25, -0.2) is 0 Å². The van der Waals surface area contributed by atoms with Crippen molar-refractivity contribution in [3.8, 4) is 0 Å². The maximum Gasteiger partial charge on any atom is 0.257 e. The smallest absolute Gasteiger partial charge is 0.257 e. The molecule has 0 aliphatic carbocycles. The SMILES string of the molecule is O=C(NC1CCCNC1=O)c1c[nH]c2cc(Cl)ccc2c1=O. The van der Waals surface area contributed by atoms with E-state index < -0.39 is 11.9 Å². The molecule has 3 N–H and O–H groups in total. The second kappa shape index (κ2) is 5.81. The van der Waals surface area contributed by atoms with Crippen LogP contribution in [0.5, 0.6) is 0 Å². The first-order valence-corrected chi connectivity index (χ1v) is 7.33. The molecule has 1 aromatic heterocycles. The van der Waals surface area contributed by atoms with Crippen LogP contribution in [0.2, 0.25) is 5.02 Å². The van der Waals surface area contributed by atoms with Gasteiger partial charge in [-0.15, -0.1) is 0 Å². The van der Waals surface area contributed by atoms with Crippen molar-refractivity contribution in [2.75, 3.05) is 6.54 Å². The standard InChI is InChI=1S/C15H14ClN3O3/c16-8-3-4-9-12(6-8)18-7-10(13(9)20)14(21)19-11-2-1-5-17-15(11)22/h3-4,6-7,11H,1-2,5H2,(H,17,22)(H,18,20)(H,19,21). The van der Waals surface area contributed by atoms with Gasteiger partial charge in [0, 0.05) is 23.2 Å².